The Balaban J connectivity index is 1.80. The van der Waals surface area contributed by atoms with Crippen molar-refractivity contribution in [1.29, 1.82) is 0 Å². The topological polar surface area (TPSA) is 51.2 Å². The molecule has 4 nitrogen and oxygen atoms in total. The largest absolute Gasteiger partial charge is 0.496 e. The van der Waals surface area contributed by atoms with Gasteiger partial charge in [0.2, 0.25) is 5.91 Å². The quantitative estimate of drug-likeness (QED) is 0.888. The van der Waals surface area contributed by atoms with Gasteiger partial charge in [0.15, 0.2) is 0 Å². The molecule has 0 atom stereocenters. The van der Waals surface area contributed by atoms with E-state index in [4.69, 9.17) is 4.74 Å². The highest BCUT2D eigenvalue weighted by atomic mass is 32.1. The number of rotatable bonds is 6. The minimum atomic E-state index is 0.00994. The summed E-state index contributed by atoms with van der Waals surface area (Å²) in [4.78, 5) is 17.3. The highest BCUT2D eigenvalue weighted by molar-refractivity contribution is 7.11. The number of thiazole rings is 1. The van der Waals surface area contributed by atoms with Gasteiger partial charge in [-0.2, -0.15) is 0 Å². The van der Waals surface area contributed by atoms with Gasteiger partial charge in [0.05, 0.1) is 18.5 Å². The Morgan fingerprint density at radius 1 is 1.40 bits per heavy atom. The fraction of sp³-hybridized carbons (Fsp3) is 0.333. The highest BCUT2D eigenvalue weighted by Crippen LogP contribution is 2.17. The molecule has 0 bridgehead atoms. The van der Waals surface area contributed by atoms with E-state index in [0.29, 0.717) is 13.0 Å². The van der Waals surface area contributed by atoms with E-state index in [9.17, 15) is 4.79 Å². The molecule has 1 aromatic heterocycles. The molecule has 0 aliphatic rings. The zero-order chi connectivity index (χ0) is 14.4. The van der Waals surface area contributed by atoms with Crippen LogP contribution in [0.2, 0.25) is 0 Å². The molecule has 1 aromatic carbocycles. The second-order valence-electron chi connectivity index (χ2n) is 4.43. The Hall–Kier alpha value is -1.88. The molecule has 1 N–H and O–H groups in total. The average Bonchev–Trinajstić information content (AvgIpc) is 2.85. The second-order valence-corrected chi connectivity index (χ2v) is 5.75. The van der Waals surface area contributed by atoms with Gasteiger partial charge in [0.25, 0.3) is 0 Å². The van der Waals surface area contributed by atoms with Crippen molar-refractivity contribution in [3.05, 3.63) is 45.9 Å². The maximum atomic E-state index is 11.9. The molecule has 1 heterocycles. The van der Waals surface area contributed by atoms with Crippen LogP contribution in [0, 0.1) is 6.92 Å². The summed E-state index contributed by atoms with van der Waals surface area (Å²) in [7, 11) is 1.61. The van der Waals surface area contributed by atoms with Crippen LogP contribution in [0.5, 0.6) is 5.75 Å². The smallest absolute Gasteiger partial charge is 0.224 e. The third-order valence-corrected chi connectivity index (χ3v) is 3.88. The van der Waals surface area contributed by atoms with Crippen LogP contribution in [0.4, 0.5) is 0 Å². The summed E-state index contributed by atoms with van der Waals surface area (Å²) in [5, 5.41) is 3.98. The number of para-hydroxylation sites is 1. The van der Waals surface area contributed by atoms with Crippen molar-refractivity contribution in [3.8, 4) is 5.75 Å². The van der Waals surface area contributed by atoms with Crippen LogP contribution < -0.4 is 10.1 Å². The van der Waals surface area contributed by atoms with Gasteiger partial charge in [0.1, 0.15) is 5.75 Å². The predicted molar refractivity (Wildman–Crippen MR) is 80.3 cm³/mol. The number of hydrogen-bond donors (Lipinski definition) is 1. The number of carbonyl (C=O) groups is 1. The summed E-state index contributed by atoms with van der Waals surface area (Å²) in [5.74, 6) is 0.761. The molecule has 0 fully saturated rings. The molecule has 20 heavy (non-hydrogen) atoms. The average molecular weight is 290 g/mol. The van der Waals surface area contributed by atoms with E-state index in [1.807, 2.05) is 37.4 Å². The normalized spacial score (nSPS) is 10.3. The number of benzene rings is 1. The van der Waals surface area contributed by atoms with Crippen LogP contribution in [0.1, 0.15) is 15.4 Å². The molecule has 2 rings (SSSR count). The zero-order valence-electron chi connectivity index (χ0n) is 11.7. The molecule has 0 saturated heterocycles. The molecule has 1 amide bonds. The van der Waals surface area contributed by atoms with Gasteiger partial charge in [0, 0.05) is 29.6 Å². The van der Waals surface area contributed by atoms with E-state index in [-0.39, 0.29) is 5.91 Å². The fourth-order valence-electron chi connectivity index (χ4n) is 1.93. The lowest BCUT2D eigenvalue weighted by molar-refractivity contribution is -0.120. The molecule has 0 aliphatic carbocycles. The molecule has 2 aromatic rings. The van der Waals surface area contributed by atoms with Gasteiger partial charge in [-0.15, -0.1) is 11.3 Å². The van der Waals surface area contributed by atoms with Crippen LogP contribution in [0.25, 0.3) is 0 Å². The number of hydrogen-bond acceptors (Lipinski definition) is 4. The molecule has 0 radical (unpaired) electrons. The summed E-state index contributed by atoms with van der Waals surface area (Å²) in [6.07, 6.45) is 3.03. The van der Waals surface area contributed by atoms with Crippen molar-refractivity contribution < 1.29 is 9.53 Å². The molecular weight excluding hydrogens is 272 g/mol. The number of ether oxygens (including phenoxy) is 1. The number of nitrogens with one attached hydrogen (secondary N) is 1. The van der Waals surface area contributed by atoms with E-state index in [0.717, 1.165) is 22.7 Å². The van der Waals surface area contributed by atoms with Crippen molar-refractivity contribution >= 4 is 17.2 Å². The Labute approximate surface area is 122 Å². The van der Waals surface area contributed by atoms with E-state index in [2.05, 4.69) is 10.3 Å². The Morgan fingerprint density at radius 3 is 2.90 bits per heavy atom. The first kappa shape index (κ1) is 14.5. The lowest BCUT2D eigenvalue weighted by Gasteiger charge is -2.08. The number of nitrogens with zero attached hydrogens (tertiary/aromatic N) is 1. The standard InChI is InChI=1S/C15H18N2O2S/c1-11-17-10-13(20-11)7-8-16-15(18)9-12-5-3-4-6-14(12)19-2/h3-6,10H,7-9H2,1-2H3,(H,16,18). The maximum absolute atomic E-state index is 11.9. The van der Waals surface area contributed by atoms with E-state index in [1.54, 1.807) is 18.4 Å². The van der Waals surface area contributed by atoms with Crippen LogP contribution in [0.3, 0.4) is 0 Å². The minimum Gasteiger partial charge on any atom is -0.496 e. The SMILES string of the molecule is COc1ccccc1CC(=O)NCCc1cnc(C)s1. The number of aryl methyl sites for hydroxylation is 1. The molecule has 106 valence electrons. The molecule has 0 spiro atoms. The lowest BCUT2D eigenvalue weighted by atomic mass is 10.1. The summed E-state index contributed by atoms with van der Waals surface area (Å²) < 4.78 is 5.24. The van der Waals surface area contributed by atoms with Gasteiger partial charge < -0.3 is 10.1 Å². The fourth-order valence-corrected chi connectivity index (χ4v) is 2.72. The molecule has 0 saturated carbocycles. The van der Waals surface area contributed by atoms with Crippen molar-refractivity contribution in [2.24, 2.45) is 0 Å². The van der Waals surface area contributed by atoms with Gasteiger partial charge in [-0.05, 0) is 13.0 Å². The number of methoxy groups -OCH3 is 1. The van der Waals surface area contributed by atoms with Crippen LogP contribution in [-0.2, 0) is 17.6 Å². The van der Waals surface area contributed by atoms with E-state index in [1.165, 1.54) is 4.88 Å². The first-order valence-corrected chi connectivity index (χ1v) is 7.30. The van der Waals surface area contributed by atoms with Gasteiger partial charge in [-0.25, -0.2) is 4.98 Å². The molecule has 5 heteroatoms. The van der Waals surface area contributed by atoms with Crippen LogP contribution in [-0.4, -0.2) is 24.5 Å². The highest BCUT2D eigenvalue weighted by Gasteiger charge is 2.08. The number of aromatic nitrogens is 1. The Bertz CT molecular complexity index is 581. The van der Waals surface area contributed by atoms with Crippen LogP contribution in [0.15, 0.2) is 30.5 Å². The van der Waals surface area contributed by atoms with Crippen molar-refractivity contribution in [2.45, 2.75) is 19.8 Å². The Morgan fingerprint density at radius 2 is 2.20 bits per heavy atom. The van der Waals surface area contributed by atoms with Gasteiger partial charge in [-0.1, -0.05) is 18.2 Å². The maximum Gasteiger partial charge on any atom is 0.224 e. The van der Waals surface area contributed by atoms with Gasteiger partial charge in [-0.3, -0.25) is 4.79 Å². The van der Waals surface area contributed by atoms with Gasteiger partial charge >= 0.3 is 0 Å². The first-order chi connectivity index (χ1) is 9.69. The lowest BCUT2D eigenvalue weighted by Crippen LogP contribution is -2.27. The van der Waals surface area contributed by atoms with Crippen molar-refractivity contribution in [2.75, 3.05) is 13.7 Å². The monoisotopic (exact) mass is 290 g/mol. The summed E-state index contributed by atoms with van der Waals surface area (Å²) in [6, 6.07) is 7.57. The third kappa shape index (κ3) is 4.06. The Kier molecular flexibility index (Phi) is 5.12. The first-order valence-electron chi connectivity index (χ1n) is 6.49. The molecule has 0 unspecified atom stereocenters. The second kappa shape index (κ2) is 7.05. The summed E-state index contributed by atoms with van der Waals surface area (Å²) in [6.45, 7) is 2.62. The number of carbonyl (C=O) groups excluding carboxylic acids is 1. The summed E-state index contributed by atoms with van der Waals surface area (Å²) in [5.41, 5.74) is 0.904. The predicted octanol–water partition coefficient (Wildman–Crippen LogP) is 2.36. The van der Waals surface area contributed by atoms with E-state index >= 15 is 0 Å². The summed E-state index contributed by atoms with van der Waals surface area (Å²) >= 11 is 1.67. The zero-order valence-corrected chi connectivity index (χ0v) is 12.5. The van der Waals surface area contributed by atoms with Crippen molar-refractivity contribution in [3.63, 3.8) is 0 Å². The minimum absolute atomic E-state index is 0.00994. The molecular formula is C15H18N2O2S. The molecule has 0 aliphatic heterocycles. The van der Waals surface area contributed by atoms with Crippen LogP contribution >= 0.6 is 11.3 Å². The number of amides is 1. The third-order valence-electron chi connectivity index (χ3n) is 2.91. The van der Waals surface area contributed by atoms with Crippen molar-refractivity contribution in [1.82, 2.24) is 10.3 Å². The van der Waals surface area contributed by atoms with E-state index < -0.39 is 0 Å².